The molecule has 0 aliphatic carbocycles. The maximum absolute atomic E-state index is 11.4. The summed E-state index contributed by atoms with van der Waals surface area (Å²) in [5, 5.41) is 7.22. The number of hydrogen-bond acceptors (Lipinski definition) is 5. The van der Waals surface area contributed by atoms with Crippen LogP contribution in [0, 0.1) is 0 Å². The Labute approximate surface area is 178 Å². The van der Waals surface area contributed by atoms with Gasteiger partial charge in [0.25, 0.3) is 0 Å². The lowest BCUT2D eigenvalue weighted by molar-refractivity contribution is -0.113. The van der Waals surface area contributed by atoms with Crippen LogP contribution in [0.2, 0.25) is 0 Å². The van der Waals surface area contributed by atoms with E-state index in [0.717, 1.165) is 18.5 Å². The summed E-state index contributed by atoms with van der Waals surface area (Å²) >= 11 is 5.52. The van der Waals surface area contributed by atoms with Crippen molar-refractivity contribution in [3.05, 3.63) is 72.7 Å². The van der Waals surface area contributed by atoms with Gasteiger partial charge >= 0.3 is 0 Å². The van der Waals surface area contributed by atoms with Gasteiger partial charge in [0.05, 0.1) is 0 Å². The fraction of sp³-hybridized carbons (Fsp3) is 0.136. The Balaban J connectivity index is 1.37. The molecule has 0 atom stereocenters. The standard InChI is InChI=1S/C22H20ClN5O2/c23-12-21(29)28-16-4-3-5-17(10-16)30-22-11-20(26-14-27-22)24-9-8-15-13-25-19-7-2-1-6-18(15)19/h1-7,10-11,13-14,25H,8-9,12H2,(H,28,29)(H,24,26,27). The molecule has 1 amide bonds. The van der Waals surface area contributed by atoms with Crippen molar-refractivity contribution < 1.29 is 9.53 Å². The third kappa shape index (κ3) is 4.87. The van der Waals surface area contributed by atoms with Crippen LogP contribution in [0.5, 0.6) is 11.6 Å². The lowest BCUT2D eigenvalue weighted by Gasteiger charge is -2.09. The highest BCUT2D eigenvalue weighted by Gasteiger charge is 2.06. The largest absolute Gasteiger partial charge is 0.439 e. The van der Waals surface area contributed by atoms with Crippen LogP contribution in [0.15, 0.2) is 67.1 Å². The first-order chi connectivity index (χ1) is 14.7. The smallest absolute Gasteiger partial charge is 0.239 e. The zero-order chi connectivity index (χ0) is 20.8. The molecule has 0 radical (unpaired) electrons. The van der Waals surface area contributed by atoms with E-state index in [2.05, 4.69) is 37.7 Å². The van der Waals surface area contributed by atoms with Gasteiger partial charge < -0.3 is 20.4 Å². The molecule has 3 N–H and O–H groups in total. The Kier molecular flexibility index (Phi) is 6.10. The van der Waals surface area contributed by atoms with Gasteiger partial charge in [0.2, 0.25) is 11.8 Å². The van der Waals surface area contributed by atoms with Gasteiger partial charge in [-0.15, -0.1) is 11.6 Å². The van der Waals surface area contributed by atoms with Crippen LogP contribution in [0.4, 0.5) is 11.5 Å². The number of hydrogen-bond donors (Lipinski definition) is 3. The van der Waals surface area contributed by atoms with Crippen molar-refractivity contribution in [2.45, 2.75) is 6.42 Å². The molecule has 4 rings (SSSR count). The van der Waals surface area contributed by atoms with Crippen molar-refractivity contribution in [2.75, 3.05) is 23.1 Å². The predicted molar refractivity (Wildman–Crippen MR) is 118 cm³/mol. The Morgan fingerprint density at radius 1 is 1.10 bits per heavy atom. The first-order valence-corrected chi connectivity index (χ1v) is 9.99. The molecule has 4 aromatic rings. The van der Waals surface area contributed by atoms with E-state index in [1.54, 1.807) is 30.3 Å². The van der Waals surface area contributed by atoms with E-state index in [1.807, 2.05) is 18.3 Å². The summed E-state index contributed by atoms with van der Waals surface area (Å²) in [7, 11) is 0. The van der Waals surface area contributed by atoms with E-state index >= 15 is 0 Å². The molecule has 30 heavy (non-hydrogen) atoms. The minimum atomic E-state index is -0.280. The molecule has 2 aromatic carbocycles. The Morgan fingerprint density at radius 2 is 2.00 bits per heavy atom. The first kappa shape index (κ1) is 19.7. The van der Waals surface area contributed by atoms with Gasteiger partial charge in [-0.2, -0.15) is 0 Å². The van der Waals surface area contributed by atoms with E-state index in [1.165, 1.54) is 17.3 Å². The highest BCUT2D eigenvalue weighted by Crippen LogP contribution is 2.24. The second kappa shape index (κ2) is 9.28. The molecule has 0 aliphatic heterocycles. The van der Waals surface area contributed by atoms with Gasteiger partial charge in [-0.25, -0.2) is 9.97 Å². The number of aromatic amines is 1. The van der Waals surface area contributed by atoms with Crippen molar-refractivity contribution in [3.8, 4) is 11.6 Å². The summed E-state index contributed by atoms with van der Waals surface area (Å²) < 4.78 is 5.80. The summed E-state index contributed by atoms with van der Waals surface area (Å²) in [4.78, 5) is 23.1. The molecule has 0 spiro atoms. The molecular formula is C22H20ClN5O2. The number of anilines is 2. The number of amides is 1. The minimum Gasteiger partial charge on any atom is -0.439 e. The van der Waals surface area contributed by atoms with Crippen LogP contribution < -0.4 is 15.4 Å². The second-order valence-electron chi connectivity index (χ2n) is 6.59. The number of rotatable bonds is 8. The van der Waals surface area contributed by atoms with Crippen LogP contribution >= 0.6 is 11.6 Å². The zero-order valence-corrected chi connectivity index (χ0v) is 16.8. The molecule has 0 saturated carbocycles. The molecule has 8 heteroatoms. The van der Waals surface area contributed by atoms with Gasteiger partial charge in [-0.05, 0) is 30.2 Å². The number of alkyl halides is 1. The molecule has 0 unspecified atom stereocenters. The SMILES string of the molecule is O=C(CCl)Nc1cccc(Oc2cc(NCCc3c[nH]c4ccccc34)ncn2)c1. The fourth-order valence-corrected chi connectivity index (χ4v) is 3.17. The molecule has 0 bridgehead atoms. The molecule has 0 saturated heterocycles. The summed E-state index contributed by atoms with van der Waals surface area (Å²) in [6.07, 6.45) is 4.34. The van der Waals surface area contributed by atoms with Crippen molar-refractivity contribution in [1.82, 2.24) is 15.0 Å². The van der Waals surface area contributed by atoms with Gasteiger partial charge in [0.15, 0.2) is 0 Å². The highest BCUT2D eigenvalue weighted by molar-refractivity contribution is 6.29. The van der Waals surface area contributed by atoms with Crippen LogP contribution in [-0.2, 0) is 11.2 Å². The second-order valence-corrected chi connectivity index (χ2v) is 6.86. The van der Waals surface area contributed by atoms with E-state index < -0.39 is 0 Å². The number of fused-ring (bicyclic) bond motifs is 1. The van der Waals surface area contributed by atoms with Crippen LogP contribution in [-0.4, -0.2) is 33.3 Å². The highest BCUT2D eigenvalue weighted by atomic mass is 35.5. The summed E-state index contributed by atoms with van der Waals surface area (Å²) in [6, 6.07) is 17.0. The number of ether oxygens (including phenoxy) is 1. The van der Waals surface area contributed by atoms with Gasteiger partial charge in [0, 0.05) is 41.5 Å². The molecule has 0 aliphatic rings. The lowest BCUT2D eigenvalue weighted by atomic mass is 10.1. The van der Waals surface area contributed by atoms with Crippen molar-refractivity contribution in [3.63, 3.8) is 0 Å². The number of nitrogens with one attached hydrogen (secondary N) is 3. The number of benzene rings is 2. The maximum Gasteiger partial charge on any atom is 0.239 e. The van der Waals surface area contributed by atoms with Gasteiger partial charge in [0.1, 0.15) is 23.8 Å². The van der Waals surface area contributed by atoms with E-state index in [9.17, 15) is 4.79 Å². The molecule has 7 nitrogen and oxygen atoms in total. The summed E-state index contributed by atoms with van der Waals surface area (Å²) in [6.45, 7) is 0.720. The fourth-order valence-electron chi connectivity index (χ4n) is 3.11. The van der Waals surface area contributed by atoms with Gasteiger partial charge in [-0.3, -0.25) is 4.79 Å². The Hall–Kier alpha value is -3.58. The molecule has 2 heterocycles. The van der Waals surface area contributed by atoms with E-state index in [-0.39, 0.29) is 11.8 Å². The van der Waals surface area contributed by atoms with Gasteiger partial charge in [-0.1, -0.05) is 24.3 Å². The lowest BCUT2D eigenvalue weighted by Crippen LogP contribution is -2.12. The zero-order valence-electron chi connectivity index (χ0n) is 16.1. The number of para-hydroxylation sites is 1. The third-order valence-electron chi connectivity index (χ3n) is 4.48. The average molecular weight is 422 g/mol. The predicted octanol–water partition coefficient (Wildman–Crippen LogP) is 4.58. The van der Waals surface area contributed by atoms with E-state index in [4.69, 9.17) is 16.3 Å². The normalized spacial score (nSPS) is 10.7. The minimum absolute atomic E-state index is 0.107. The van der Waals surface area contributed by atoms with Crippen molar-refractivity contribution in [2.24, 2.45) is 0 Å². The Bertz CT molecular complexity index is 1160. The quantitative estimate of drug-likeness (QED) is 0.362. The monoisotopic (exact) mass is 421 g/mol. The van der Waals surface area contributed by atoms with Crippen LogP contribution in [0.3, 0.4) is 0 Å². The summed E-state index contributed by atoms with van der Waals surface area (Å²) in [5.41, 5.74) is 2.98. The number of carbonyl (C=O) groups is 1. The average Bonchev–Trinajstić information content (AvgIpc) is 3.17. The number of nitrogens with zero attached hydrogens (tertiary/aromatic N) is 2. The molecule has 2 aromatic heterocycles. The van der Waals surface area contributed by atoms with Crippen LogP contribution in [0.1, 0.15) is 5.56 Å². The molecule has 152 valence electrons. The Morgan fingerprint density at radius 3 is 2.90 bits per heavy atom. The molecule has 0 fully saturated rings. The first-order valence-electron chi connectivity index (χ1n) is 9.46. The topological polar surface area (TPSA) is 91.9 Å². The maximum atomic E-state index is 11.4. The number of H-pyrrole nitrogens is 1. The number of carbonyl (C=O) groups excluding carboxylic acids is 1. The third-order valence-corrected chi connectivity index (χ3v) is 4.72. The number of aromatic nitrogens is 3. The van der Waals surface area contributed by atoms with Crippen molar-refractivity contribution >= 4 is 39.9 Å². The summed E-state index contributed by atoms with van der Waals surface area (Å²) in [5.74, 6) is 1.24. The molecular weight excluding hydrogens is 402 g/mol. The van der Waals surface area contributed by atoms with Crippen LogP contribution in [0.25, 0.3) is 10.9 Å². The van der Waals surface area contributed by atoms with E-state index in [0.29, 0.717) is 23.1 Å². The number of halogens is 1. The van der Waals surface area contributed by atoms with Crippen molar-refractivity contribution in [1.29, 1.82) is 0 Å².